The number of benzene rings is 2. The number of rotatable bonds is 5. The van der Waals surface area contributed by atoms with Crippen LogP contribution in [0, 0.1) is 6.92 Å². The van der Waals surface area contributed by atoms with Crippen LogP contribution >= 0.6 is 0 Å². The molecule has 122 valence electrons. The Kier molecular flexibility index (Phi) is 4.75. The molecule has 0 saturated heterocycles. The molecule has 1 amide bonds. The van der Waals surface area contributed by atoms with E-state index >= 15 is 0 Å². The molecule has 0 aliphatic rings. The van der Waals surface area contributed by atoms with Crippen molar-refractivity contribution >= 4 is 21.4 Å². The second kappa shape index (κ2) is 6.42. The van der Waals surface area contributed by atoms with Crippen molar-refractivity contribution in [2.24, 2.45) is 5.73 Å². The Morgan fingerprint density at radius 3 is 2.26 bits per heavy atom. The summed E-state index contributed by atoms with van der Waals surface area (Å²) in [5, 5.41) is 3.28. The number of primary amides is 1. The molecule has 0 fully saturated rings. The van der Waals surface area contributed by atoms with Crippen molar-refractivity contribution in [1.29, 1.82) is 0 Å². The van der Waals surface area contributed by atoms with E-state index in [1.807, 2.05) is 26.0 Å². The number of nitrogens with one attached hydrogen (secondary N) is 1. The maximum absolute atomic E-state index is 11.5. The average Bonchev–Trinajstić information content (AvgIpc) is 2.48. The van der Waals surface area contributed by atoms with Crippen LogP contribution in [0.2, 0.25) is 0 Å². The average molecular weight is 332 g/mol. The van der Waals surface area contributed by atoms with Gasteiger partial charge < -0.3 is 11.1 Å². The predicted molar refractivity (Wildman–Crippen MR) is 91.3 cm³/mol. The van der Waals surface area contributed by atoms with E-state index in [1.165, 1.54) is 6.26 Å². The van der Waals surface area contributed by atoms with Gasteiger partial charge in [-0.15, -0.1) is 0 Å². The van der Waals surface area contributed by atoms with Crippen molar-refractivity contribution in [3.8, 4) is 0 Å². The number of nitrogens with two attached hydrogens (primary N) is 1. The Labute approximate surface area is 136 Å². The second-order valence-corrected chi connectivity index (χ2v) is 7.62. The number of carbonyl (C=O) groups excluding carboxylic acids is 1. The minimum Gasteiger partial charge on any atom is -0.379 e. The molecule has 0 spiro atoms. The summed E-state index contributed by atoms with van der Waals surface area (Å²) in [6.45, 7) is 3.79. The lowest BCUT2D eigenvalue weighted by Gasteiger charge is -2.17. The molecule has 0 bridgehead atoms. The van der Waals surface area contributed by atoms with Crippen LogP contribution in [0.15, 0.2) is 47.4 Å². The minimum absolute atomic E-state index is 0.0490. The van der Waals surface area contributed by atoms with Crippen LogP contribution in [-0.2, 0) is 9.84 Å². The van der Waals surface area contributed by atoms with E-state index < -0.39 is 15.7 Å². The molecule has 2 aromatic carbocycles. The van der Waals surface area contributed by atoms with Gasteiger partial charge >= 0.3 is 0 Å². The van der Waals surface area contributed by atoms with E-state index in [-0.39, 0.29) is 6.04 Å². The van der Waals surface area contributed by atoms with E-state index in [2.05, 4.69) is 5.32 Å². The highest BCUT2D eigenvalue weighted by Crippen LogP contribution is 2.22. The summed E-state index contributed by atoms with van der Waals surface area (Å²) >= 11 is 0. The standard InChI is InChI=1S/C17H20N2O3S/c1-11-4-7-14(10-16(11)17(18)20)19-12(2)13-5-8-15(9-6-13)23(3,21)22/h4-10,12,19H,1-3H3,(H2,18,20)/t12-/m1/s1. The zero-order chi connectivity index (χ0) is 17.2. The van der Waals surface area contributed by atoms with Crippen LogP contribution in [-0.4, -0.2) is 20.6 Å². The third-order valence-electron chi connectivity index (χ3n) is 3.69. The fraction of sp³-hybridized carbons (Fsp3) is 0.235. The van der Waals surface area contributed by atoms with Gasteiger partial charge in [0.15, 0.2) is 9.84 Å². The summed E-state index contributed by atoms with van der Waals surface area (Å²) in [6.07, 6.45) is 1.18. The molecule has 2 aromatic rings. The van der Waals surface area contributed by atoms with Crippen molar-refractivity contribution in [2.75, 3.05) is 11.6 Å². The Morgan fingerprint density at radius 1 is 1.13 bits per heavy atom. The summed E-state index contributed by atoms with van der Waals surface area (Å²) in [6, 6.07) is 12.1. The highest BCUT2D eigenvalue weighted by atomic mass is 32.2. The van der Waals surface area contributed by atoms with Gasteiger partial charge in [0.1, 0.15) is 0 Å². The molecule has 0 aliphatic carbocycles. The molecular formula is C17H20N2O3S. The van der Waals surface area contributed by atoms with E-state index in [0.717, 1.165) is 16.8 Å². The molecule has 3 N–H and O–H groups in total. The molecule has 2 rings (SSSR count). The molecule has 6 heteroatoms. The first-order valence-electron chi connectivity index (χ1n) is 7.15. The summed E-state index contributed by atoms with van der Waals surface area (Å²) < 4.78 is 23.0. The van der Waals surface area contributed by atoms with Gasteiger partial charge in [0, 0.05) is 23.5 Å². The lowest BCUT2D eigenvalue weighted by molar-refractivity contribution is 0.0999. The Bertz CT molecular complexity index is 827. The van der Waals surface area contributed by atoms with Crippen molar-refractivity contribution in [3.05, 3.63) is 59.2 Å². The summed E-state index contributed by atoms with van der Waals surface area (Å²) in [7, 11) is -3.20. The summed E-state index contributed by atoms with van der Waals surface area (Å²) in [5.41, 5.74) is 8.39. The van der Waals surface area contributed by atoms with Crippen molar-refractivity contribution < 1.29 is 13.2 Å². The zero-order valence-corrected chi connectivity index (χ0v) is 14.1. The van der Waals surface area contributed by atoms with Crippen LogP contribution in [0.4, 0.5) is 5.69 Å². The van der Waals surface area contributed by atoms with Crippen molar-refractivity contribution in [2.45, 2.75) is 24.8 Å². The second-order valence-electron chi connectivity index (χ2n) is 5.60. The molecule has 0 aromatic heterocycles. The molecule has 1 atom stereocenters. The number of hydrogen-bond donors (Lipinski definition) is 2. The van der Waals surface area contributed by atoms with Gasteiger partial charge in [0.05, 0.1) is 4.90 Å². The van der Waals surface area contributed by atoms with Crippen LogP contribution in [0.25, 0.3) is 0 Å². The minimum atomic E-state index is -3.20. The fourth-order valence-electron chi connectivity index (χ4n) is 2.31. The van der Waals surface area contributed by atoms with Crippen LogP contribution in [0.3, 0.4) is 0 Å². The highest BCUT2D eigenvalue weighted by Gasteiger charge is 2.11. The fourth-order valence-corrected chi connectivity index (χ4v) is 2.94. The third-order valence-corrected chi connectivity index (χ3v) is 4.82. The quantitative estimate of drug-likeness (QED) is 0.881. The van der Waals surface area contributed by atoms with E-state index in [0.29, 0.717) is 10.5 Å². The molecule has 0 saturated carbocycles. The van der Waals surface area contributed by atoms with Gasteiger partial charge in [-0.1, -0.05) is 18.2 Å². The first-order chi connectivity index (χ1) is 10.7. The first kappa shape index (κ1) is 17.0. The Hall–Kier alpha value is -2.34. The molecular weight excluding hydrogens is 312 g/mol. The number of carbonyl (C=O) groups is 1. The van der Waals surface area contributed by atoms with Crippen LogP contribution in [0.5, 0.6) is 0 Å². The molecule has 0 unspecified atom stereocenters. The normalized spacial score (nSPS) is 12.7. The molecule has 0 heterocycles. The molecule has 5 nitrogen and oxygen atoms in total. The van der Waals surface area contributed by atoms with Gasteiger partial charge in [-0.05, 0) is 49.2 Å². The van der Waals surface area contributed by atoms with Gasteiger partial charge in [0.25, 0.3) is 0 Å². The van der Waals surface area contributed by atoms with Crippen LogP contribution < -0.4 is 11.1 Å². The maximum atomic E-state index is 11.5. The zero-order valence-electron chi connectivity index (χ0n) is 13.3. The van der Waals surface area contributed by atoms with Crippen molar-refractivity contribution in [3.63, 3.8) is 0 Å². The lowest BCUT2D eigenvalue weighted by atomic mass is 10.1. The smallest absolute Gasteiger partial charge is 0.249 e. The lowest BCUT2D eigenvalue weighted by Crippen LogP contribution is -2.14. The highest BCUT2D eigenvalue weighted by molar-refractivity contribution is 7.90. The van der Waals surface area contributed by atoms with E-state index in [4.69, 9.17) is 5.73 Å². The van der Waals surface area contributed by atoms with Gasteiger partial charge in [-0.25, -0.2) is 8.42 Å². The molecule has 0 aliphatic heterocycles. The van der Waals surface area contributed by atoms with Gasteiger partial charge in [-0.2, -0.15) is 0 Å². The number of sulfone groups is 1. The number of hydrogen-bond acceptors (Lipinski definition) is 4. The maximum Gasteiger partial charge on any atom is 0.249 e. The molecule has 0 radical (unpaired) electrons. The summed E-state index contributed by atoms with van der Waals surface area (Å²) in [4.78, 5) is 11.7. The predicted octanol–water partition coefficient (Wildman–Crippen LogP) is 2.67. The van der Waals surface area contributed by atoms with Crippen molar-refractivity contribution in [1.82, 2.24) is 0 Å². The third kappa shape index (κ3) is 4.10. The number of amides is 1. The Balaban J connectivity index is 2.20. The topological polar surface area (TPSA) is 89.3 Å². The van der Waals surface area contributed by atoms with Crippen LogP contribution in [0.1, 0.15) is 34.5 Å². The number of anilines is 1. The summed E-state index contributed by atoms with van der Waals surface area (Å²) in [5.74, 6) is -0.462. The Morgan fingerprint density at radius 2 is 1.74 bits per heavy atom. The van der Waals surface area contributed by atoms with Gasteiger partial charge in [-0.3, -0.25) is 4.79 Å². The SMILES string of the molecule is Cc1ccc(N[C@H](C)c2ccc(S(C)(=O)=O)cc2)cc1C(N)=O. The van der Waals surface area contributed by atoms with E-state index in [1.54, 1.807) is 30.3 Å². The molecule has 23 heavy (non-hydrogen) atoms. The van der Waals surface area contributed by atoms with E-state index in [9.17, 15) is 13.2 Å². The largest absolute Gasteiger partial charge is 0.379 e. The van der Waals surface area contributed by atoms with Gasteiger partial charge in [0.2, 0.25) is 5.91 Å². The first-order valence-corrected chi connectivity index (χ1v) is 9.04. The monoisotopic (exact) mass is 332 g/mol. The number of aryl methyl sites for hydroxylation is 1.